The van der Waals surface area contributed by atoms with Gasteiger partial charge in [0, 0.05) is 18.7 Å². The molecule has 0 spiro atoms. The molecule has 0 aliphatic carbocycles. The first-order valence-electron chi connectivity index (χ1n) is 7.49. The van der Waals surface area contributed by atoms with E-state index in [4.69, 9.17) is 16.1 Å². The minimum atomic E-state index is -0.0770. The second-order valence-electron chi connectivity index (χ2n) is 5.55. The van der Waals surface area contributed by atoms with Crippen LogP contribution in [0.5, 0.6) is 0 Å². The van der Waals surface area contributed by atoms with Crippen molar-refractivity contribution in [3.63, 3.8) is 0 Å². The molecule has 1 amide bonds. The van der Waals surface area contributed by atoms with Gasteiger partial charge in [-0.3, -0.25) is 9.48 Å². The van der Waals surface area contributed by atoms with Gasteiger partial charge in [0.1, 0.15) is 11.5 Å². The maximum Gasteiger partial charge on any atom is 0.274 e. The molecule has 118 valence electrons. The smallest absolute Gasteiger partial charge is 0.274 e. The Balaban J connectivity index is 1.97. The van der Waals surface area contributed by atoms with Crippen molar-refractivity contribution < 1.29 is 9.32 Å². The van der Waals surface area contributed by atoms with Crippen LogP contribution in [0.15, 0.2) is 10.7 Å². The van der Waals surface area contributed by atoms with E-state index in [0.717, 1.165) is 29.9 Å². The number of likely N-dealkylation sites (tertiary alicyclic amines) is 1. The molecule has 2 aromatic rings. The van der Waals surface area contributed by atoms with Gasteiger partial charge in [-0.15, -0.1) is 0 Å². The second kappa shape index (κ2) is 5.76. The molecule has 7 heteroatoms. The minimum absolute atomic E-state index is 0.00461. The Morgan fingerprint density at radius 3 is 2.91 bits per heavy atom. The molecule has 6 nitrogen and oxygen atoms in total. The van der Waals surface area contributed by atoms with Crippen LogP contribution in [-0.2, 0) is 6.54 Å². The molecule has 0 radical (unpaired) electrons. The summed E-state index contributed by atoms with van der Waals surface area (Å²) in [5.74, 6) is 0.698. The van der Waals surface area contributed by atoms with Crippen molar-refractivity contribution in [3.8, 4) is 0 Å². The maximum atomic E-state index is 13.0. The van der Waals surface area contributed by atoms with Gasteiger partial charge in [0.25, 0.3) is 5.91 Å². The third-order valence-electron chi connectivity index (χ3n) is 4.23. The van der Waals surface area contributed by atoms with E-state index in [1.807, 2.05) is 25.7 Å². The Kier molecular flexibility index (Phi) is 3.95. The summed E-state index contributed by atoms with van der Waals surface area (Å²) in [6.45, 7) is 7.06. The van der Waals surface area contributed by atoms with Crippen molar-refractivity contribution in [2.75, 3.05) is 6.54 Å². The molecule has 1 aliphatic heterocycles. The largest absolute Gasteiger partial charge is 0.361 e. The van der Waals surface area contributed by atoms with Gasteiger partial charge >= 0.3 is 0 Å². The summed E-state index contributed by atoms with van der Waals surface area (Å²) < 4.78 is 6.91. The monoisotopic (exact) mass is 322 g/mol. The molecule has 0 saturated carbocycles. The predicted molar refractivity (Wildman–Crippen MR) is 81.9 cm³/mol. The summed E-state index contributed by atoms with van der Waals surface area (Å²) in [6.07, 6.45) is 3.39. The number of amides is 1. The highest BCUT2D eigenvalue weighted by atomic mass is 35.5. The fourth-order valence-corrected chi connectivity index (χ4v) is 3.45. The van der Waals surface area contributed by atoms with Gasteiger partial charge in [-0.1, -0.05) is 16.8 Å². The minimum Gasteiger partial charge on any atom is -0.361 e. The predicted octanol–water partition coefficient (Wildman–Crippen LogP) is 3.14. The molecule has 3 rings (SSSR count). The van der Waals surface area contributed by atoms with Crippen molar-refractivity contribution in [3.05, 3.63) is 33.9 Å². The molecule has 3 heterocycles. The number of hydrogen-bond donors (Lipinski definition) is 0. The van der Waals surface area contributed by atoms with Gasteiger partial charge in [-0.2, -0.15) is 5.10 Å². The maximum absolute atomic E-state index is 13.0. The summed E-state index contributed by atoms with van der Waals surface area (Å²) in [5.41, 5.74) is 2.32. The van der Waals surface area contributed by atoms with E-state index in [9.17, 15) is 4.79 Å². The topological polar surface area (TPSA) is 64.2 Å². The normalized spacial score (nSPS) is 18.2. The van der Waals surface area contributed by atoms with Crippen LogP contribution in [0.4, 0.5) is 0 Å². The van der Waals surface area contributed by atoms with E-state index in [1.165, 1.54) is 6.20 Å². The van der Waals surface area contributed by atoms with Crippen molar-refractivity contribution in [1.29, 1.82) is 0 Å². The van der Waals surface area contributed by atoms with Crippen molar-refractivity contribution in [1.82, 2.24) is 19.8 Å². The summed E-state index contributed by atoms with van der Waals surface area (Å²) in [5, 5.41) is 8.57. The zero-order chi connectivity index (χ0) is 15.9. The van der Waals surface area contributed by atoms with Gasteiger partial charge in [-0.25, -0.2) is 0 Å². The lowest BCUT2D eigenvalue weighted by molar-refractivity contribution is 0.0722. The van der Waals surface area contributed by atoms with Crippen LogP contribution in [0, 0.1) is 13.8 Å². The van der Waals surface area contributed by atoms with Gasteiger partial charge in [0.15, 0.2) is 0 Å². The Morgan fingerprint density at radius 1 is 1.50 bits per heavy atom. The van der Waals surface area contributed by atoms with Crippen molar-refractivity contribution in [2.24, 2.45) is 0 Å². The first-order valence-corrected chi connectivity index (χ1v) is 7.87. The average molecular weight is 323 g/mol. The van der Waals surface area contributed by atoms with Crippen molar-refractivity contribution >= 4 is 17.5 Å². The van der Waals surface area contributed by atoms with E-state index >= 15 is 0 Å². The summed E-state index contributed by atoms with van der Waals surface area (Å²) in [6, 6.07) is -0.00461. The first kappa shape index (κ1) is 15.1. The molecule has 0 bridgehead atoms. The number of aryl methyl sites for hydroxylation is 3. The Morgan fingerprint density at radius 2 is 2.27 bits per heavy atom. The number of rotatable bonds is 3. The first-order chi connectivity index (χ1) is 10.5. The van der Waals surface area contributed by atoms with E-state index in [2.05, 4.69) is 10.3 Å². The molecule has 1 aliphatic rings. The lowest BCUT2D eigenvalue weighted by Crippen LogP contribution is -2.33. The van der Waals surface area contributed by atoms with Gasteiger partial charge < -0.3 is 9.42 Å². The molecule has 22 heavy (non-hydrogen) atoms. The van der Waals surface area contributed by atoms with E-state index in [0.29, 0.717) is 23.8 Å². The SMILES string of the molecule is CCn1ncc(Cl)c1C(=O)N1CCC[C@H]1c1c(C)noc1C. The summed E-state index contributed by atoms with van der Waals surface area (Å²) >= 11 is 6.17. The number of carbonyl (C=O) groups excluding carboxylic acids is 1. The number of carbonyl (C=O) groups is 1. The molecule has 0 unspecified atom stereocenters. The zero-order valence-electron chi connectivity index (χ0n) is 13.0. The fourth-order valence-electron chi connectivity index (χ4n) is 3.23. The van der Waals surface area contributed by atoms with E-state index < -0.39 is 0 Å². The molecular formula is C15H19ClN4O2. The Hall–Kier alpha value is -1.82. The van der Waals surface area contributed by atoms with Gasteiger partial charge in [-0.05, 0) is 33.6 Å². The lowest BCUT2D eigenvalue weighted by atomic mass is 10.0. The average Bonchev–Trinajstić information content (AvgIpc) is 3.18. The number of nitrogens with zero attached hydrogens (tertiary/aromatic N) is 4. The second-order valence-corrected chi connectivity index (χ2v) is 5.96. The van der Waals surface area contributed by atoms with Crippen LogP contribution in [0.3, 0.4) is 0 Å². The van der Waals surface area contributed by atoms with Crippen molar-refractivity contribution in [2.45, 2.75) is 46.2 Å². The number of halogens is 1. The quantitative estimate of drug-likeness (QED) is 0.870. The van der Waals surface area contributed by atoms with Crippen LogP contribution in [-0.4, -0.2) is 32.3 Å². The van der Waals surface area contributed by atoms with Crippen LogP contribution in [0.1, 0.15) is 53.3 Å². The van der Waals surface area contributed by atoms with Crippen LogP contribution in [0.2, 0.25) is 5.02 Å². The number of hydrogen-bond acceptors (Lipinski definition) is 4. The molecule has 1 fully saturated rings. The van der Waals surface area contributed by atoms with Crippen LogP contribution < -0.4 is 0 Å². The third kappa shape index (κ3) is 2.31. The highest BCUT2D eigenvalue weighted by Gasteiger charge is 2.36. The fraction of sp³-hybridized carbons (Fsp3) is 0.533. The molecule has 1 saturated heterocycles. The highest BCUT2D eigenvalue weighted by Crippen LogP contribution is 2.37. The molecule has 0 aromatic carbocycles. The lowest BCUT2D eigenvalue weighted by Gasteiger charge is -2.25. The van der Waals surface area contributed by atoms with Crippen LogP contribution in [0.25, 0.3) is 0 Å². The summed E-state index contributed by atoms with van der Waals surface area (Å²) in [4.78, 5) is 14.8. The van der Waals surface area contributed by atoms with Crippen LogP contribution >= 0.6 is 11.6 Å². The van der Waals surface area contributed by atoms with Gasteiger partial charge in [0.2, 0.25) is 0 Å². The molecular weight excluding hydrogens is 304 g/mol. The van der Waals surface area contributed by atoms with E-state index in [1.54, 1.807) is 4.68 Å². The molecule has 1 atom stereocenters. The third-order valence-corrected chi connectivity index (χ3v) is 4.51. The zero-order valence-corrected chi connectivity index (χ0v) is 13.7. The molecule has 2 aromatic heterocycles. The molecule has 0 N–H and O–H groups in total. The summed E-state index contributed by atoms with van der Waals surface area (Å²) in [7, 11) is 0. The number of aromatic nitrogens is 3. The Bertz CT molecular complexity index is 687. The standard InChI is InChI=1S/C15H19ClN4O2/c1-4-20-14(11(16)8-17-20)15(21)19-7-5-6-12(19)13-9(2)18-22-10(13)3/h8,12H,4-7H2,1-3H3/t12-/m0/s1. The van der Waals surface area contributed by atoms with Gasteiger partial charge in [0.05, 0.1) is 23.0 Å². The Labute approximate surface area is 134 Å². The van der Waals surface area contributed by atoms with E-state index in [-0.39, 0.29) is 11.9 Å². The highest BCUT2D eigenvalue weighted by molar-refractivity contribution is 6.33.